The number of ether oxygens (including phenoxy) is 2. The minimum absolute atomic E-state index is 0.0162. The second-order valence-electron chi connectivity index (χ2n) is 10.0. The van der Waals surface area contributed by atoms with Crippen LogP contribution in [0.4, 0.5) is 4.39 Å². The van der Waals surface area contributed by atoms with Crippen LogP contribution in [0.1, 0.15) is 54.9 Å². The van der Waals surface area contributed by atoms with Crippen molar-refractivity contribution in [1.82, 2.24) is 19.6 Å². The number of fused-ring (bicyclic) bond motifs is 1. The summed E-state index contributed by atoms with van der Waals surface area (Å²) in [7, 11) is 0. The molecule has 2 atom stereocenters. The van der Waals surface area contributed by atoms with Crippen LogP contribution in [0.3, 0.4) is 0 Å². The lowest BCUT2D eigenvalue weighted by molar-refractivity contribution is -0.133. The Morgan fingerprint density at radius 3 is 2.56 bits per heavy atom. The topological polar surface area (TPSA) is 76.9 Å². The van der Waals surface area contributed by atoms with Crippen LogP contribution in [0, 0.1) is 5.82 Å². The summed E-state index contributed by atoms with van der Waals surface area (Å²) in [5.74, 6) is -0.415. The number of nitrogens with zero attached hydrogens (tertiary/aromatic N) is 4. The summed E-state index contributed by atoms with van der Waals surface area (Å²) < 4.78 is 27.4. The molecule has 36 heavy (non-hydrogen) atoms. The first kappa shape index (κ1) is 25.0. The Morgan fingerprint density at radius 2 is 1.86 bits per heavy atom. The third-order valence-corrected chi connectivity index (χ3v) is 7.42. The number of piperidine rings is 1. The summed E-state index contributed by atoms with van der Waals surface area (Å²) in [6, 6.07) is 4.36. The highest BCUT2D eigenvalue weighted by atomic mass is 35.5. The number of amides is 2. The number of carbonyl (C=O) groups excluding carboxylic acids is 2. The van der Waals surface area contributed by atoms with E-state index in [2.05, 4.69) is 5.10 Å². The molecule has 3 aliphatic rings. The monoisotopic (exact) mass is 518 g/mol. The quantitative estimate of drug-likeness (QED) is 0.605. The number of rotatable bonds is 5. The smallest absolute Gasteiger partial charge is 0.274 e. The van der Waals surface area contributed by atoms with Crippen molar-refractivity contribution < 1.29 is 23.5 Å². The van der Waals surface area contributed by atoms with Crippen LogP contribution in [-0.2, 0) is 28.9 Å². The van der Waals surface area contributed by atoms with Crippen molar-refractivity contribution in [2.24, 2.45) is 0 Å². The summed E-state index contributed by atoms with van der Waals surface area (Å²) in [6.07, 6.45) is 3.62. The van der Waals surface area contributed by atoms with E-state index < -0.39 is 5.82 Å². The van der Waals surface area contributed by atoms with Gasteiger partial charge in [0.2, 0.25) is 5.91 Å². The molecule has 2 aromatic rings. The van der Waals surface area contributed by atoms with E-state index in [1.165, 1.54) is 12.1 Å². The Morgan fingerprint density at radius 1 is 1.14 bits per heavy atom. The standard InChI is InChI=1S/C26H32ClFN4O4/c1-16-13-31(14-17(2)35-16)26(34)25-20-4-3-5-22(20)32(29-25)15-24(33)30-10-8-19(9-11-30)36-23-7-6-18(27)12-21(23)28/h6-7,12,16-17,19H,3-5,8-11,13-15H2,1-2H3/t16-,17+. The average molecular weight is 519 g/mol. The van der Waals surface area contributed by atoms with E-state index in [-0.39, 0.29) is 42.4 Å². The van der Waals surface area contributed by atoms with Crippen molar-refractivity contribution in [3.8, 4) is 5.75 Å². The fraction of sp³-hybridized carbons (Fsp3) is 0.577. The summed E-state index contributed by atoms with van der Waals surface area (Å²) in [5.41, 5.74) is 2.46. The zero-order valence-electron chi connectivity index (χ0n) is 20.7. The highest BCUT2D eigenvalue weighted by molar-refractivity contribution is 6.30. The molecule has 3 heterocycles. The van der Waals surface area contributed by atoms with Gasteiger partial charge in [-0.15, -0.1) is 0 Å². The molecule has 194 valence electrons. The summed E-state index contributed by atoms with van der Waals surface area (Å²) in [4.78, 5) is 30.1. The largest absolute Gasteiger partial charge is 0.487 e. The van der Waals surface area contributed by atoms with E-state index in [0.29, 0.717) is 49.7 Å². The molecule has 1 aromatic carbocycles. The van der Waals surface area contributed by atoms with Crippen molar-refractivity contribution in [3.63, 3.8) is 0 Å². The van der Waals surface area contributed by atoms with Crippen LogP contribution >= 0.6 is 11.6 Å². The van der Waals surface area contributed by atoms with Gasteiger partial charge in [0.15, 0.2) is 17.3 Å². The molecule has 2 amide bonds. The van der Waals surface area contributed by atoms with Crippen LogP contribution in [0.25, 0.3) is 0 Å². The number of likely N-dealkylation sites (tertiary alicyclic amines) is 1. The van der Waals surface area contributed by atoms with Gasteiger partial charge in [0.25, 0.3) is 5.91 Å². The Kier molecular flexibility index (Phi) is 7.21. The van der Waals surface area contributed by atoms with Gasteiger partial charge in [-0.25, -0.2) is 4.39 Å². The zero-order valence-corrected chi connectivity index (χ0v) is 21.5. The van der Waals surface area contributed by atoms with E-state index in [1.54, 1.807) is 15.6 Å². The zero-order chi connectivity index (χ0) is 25.4. The summed E-state index contributed by atoms with van der Waals surface area (Å²) in [6.45, 7) is 6.19. The summed E-state index contributed by atoms with van der Waals surface area (Å²) in [5, 5.41) is 4.96. The molecule has 0 radical (unpaired) electrons. The Balaban J connectivity index is 1.21. The molecule has 1 aliphatic carbocycles. The number of benzene rings is 1. The molecule has 0 bridgehead atoms. The summed E-state index contributed by atoms with van der Waals surface area (Å²) >= 11 is 5.81. The van der Waals surface area contributed by atoms with Gasteiger partial charge in [-0.05, 0) is 51.3 Å². The lowest BCUT2D eigenvalue weighted by Crippen LogP contribution is -2.48. The first-order valence-corrected chi connectivity index (χ1v) is 13.1. The van der Waals surface area contributed by atoms with Gasteiger partial charge in [0.1, 0.15) is 12.6 Å². The Labute approximate surface area is 215 Å². The Bertz CT molecular complexity index is 1140. The molecule has 0 spiro atoms. The number of morpholine rings is 1. The van der Waals surface area contributed by atoms with Crippen LogP contribution in [0.15, 0.2) is 18.2 Å². The van der Waals surface area contributed by atoms with E-state index >= 15 is 0 Å². The lowest BCUT2D eigenvalue weighted by Gasteiger charge is -2.35. The van der Waals surface area contributed by atoms with Gasteiger partial charge in [0, 0.05) is 55.3 Å². The van der Waals surface area contributed by atoms with Crippen LogP contribution in [0.2, 0.25) is 5.02 Å². The van der Waals surface area contributed by atoms with Crippen molar-refractivity contribution in [2.75, 3.05) is 26.2 Å². The van der Waals surface area contributed by atoms with Crippen LogP contribution < -0.4 is 4.74 Å². The van der Waals surface area contributed by atoms with E-state index in [1.807, 2.05) is 18.7 Å². The molecule has 10 heteroatoms. The molecular formula is C26H32ClFN4O4. The Hall–Kier alpha value is -2.65. The van der Waals surface area contributed by atoms with Crippen molar-refractivity contribution >= 4 is 23.4 Å². The number of halogens is 2. The van der Waals surface area contributed by atoms with Gasteiger partial charge in [0.05, 0.1) is 12.2 Å². The maximum absolute atomic E-state index is 14.1. The highest BCUT2D eigenvalue weighted by Crippen LogP contribution is 2.28. The van der Waals surface area contributed by atoms with E-state index in [0.717, 1.165) is 30.5 Å². The highest BCUT2D eigenvalue weighted by Gasteiger charge is 2.33. The van der Waals surface area contributed by atoms with Crippen molar-refractivity contribution in [3.05, 3.63) is 46.0 Å². The molecule has 5 rings (SSSR count). The van der Waals surface area contributed by atoms with Crippen LogP contribution in [0.5, 0.6) is 5.75 Å². The SMILES string of the molecule is C[C@@H]1CN(C(=O)c2nn(CC(=O)N3CCC(Oc4ccc(Cl)cc4F)CC3)c3c2CCC3)C[C@H](C)O1. The normalized spacial score (nSPS) is 22.6. The lowest BCUT2D eigenvalue weighted by atomic mass is 10.1. The molecule has 2 aliphatic heterocycles. The second kappa shape index (κ2) is 10.4. The molecule has 0 unspecified atom stereocenters. The second-order valence-corrected chi connectivity index (χ2v) is 10.5. The van der Waals surface area contributed by atoms with Gasteiger partial charge >= 0.3 is 0 Å². The molecule has 0 saturated carbocycles. The molecular weight excluding hydrogens is 487 g/mol. The predicted octanol–water partition coefficient (Wildman–Crippen LogP) is 3.48. The van der Waals surface area contributed by atoms with Crippen LogP contribution in [-0.4, -0.2) is 75.9 Å². The maximum atomic E-state index is 14.1. The number of hydrogen-bond donors (Lipinski definition) is 0. The van der Waals surface area contributed by atoms with E-state index in [9.17, 15) is 14.0 Å². The molecule has 2 fully saturated rings. The van der Waals surface area contributed by atoms with Crippen molar-refractivity contribution in [2.45, 2.75) is 70.8 Å². The first-order chi connectivity index (χ1) is 17.3. The van der Waals surface area contributed by atoms with Gasteiger partial charge < -0.3 is 19.3 Å². The fourth-order valence-corrected chi connectivity index (χ4v) is 5.67. The predicted molar refractivity (Wildman–Crippen MR) is 132 cm³/mol. The molecule has 8 nitrogen and oxygen atoms in total. The number of aromatic nitrogens is 2. The first-order valence-electron chi connectivity index (χ1n) is 12.7. The third-order valence-electron chi connectivity index (χ3n) is 7.18. The molecule has 1 aromatic heterocycles. The molecule has 2 saturated heterocycles. The van der Waals surface area contributed by atoms with Gasteiger partial charge in [-0.2, -0.15) is 5.10 Å². The fourth-order valence-electron chi connectivity index (χ4n) is 5.51. The number of carbonyl (C=O) groups is 2. The maximum Gasteiger partial charge on any atom is 0.274 e. The van der Waals surface area contributed by atoms with Crippen molar-refractivity contribution in [1.29, 1.82) is 0 Å². The minimum atomic E-state index is -0.486. The van der Waals surface area contributed by atoms with Gasteiger partial charge in [-0.3, -0.25) is 14.3 Å². The number of hydrogen-bond acceptors (Lipinski definition) is 5. The average Bonchev–Trinajstić information content (AvgIpc) is 3.44. The minimum Gasteiger partial charge on any atom is -0.487 e. The van der Waals surface area contributed by atoms with Gasteiger partial charge in [-0.1, -0.05) is 11.6 Å². The molecule has 0 N–H and O–H groups in total. The van der Waals surface area contributed by atoms with E-state index in [4.69, 9.17) is 21.1 Å². The third kappa shape index (κ3) is 5.22.